The smallest absolute Gasteiger partial charge is 0.162 e. The minimum Gasteiger partial charge on any atom is -0.295 e. The number of hydrogen-bond donors (Lipinski definition) is 0. The molecule has 0 N–H and O–H groups in total. The number of rotatable bonds is 5. The molecule has 2 nitrogen and oxygen atoms in total. The van der Waals surface area contributed by atoms with Crippen molar-refractivity contribution in [2.75, 3.05) is 0 Å². The SMILES string of the molecule is CC(C)CCC[C@@H](C)[C@H]1CC[C@H]2[C@@H]3[C@H](C)C(=O)C4=CC(=O)CC[C@]4(C)[C@H]3CC[C@]12C. The highest BCUT2D eigenvalue weighted by Gasteiger charge is 2.62. The Hall–Kier alpha value is -0.920. The topological polar surface area (TPSA) is 34.1 Å². The normalized spacial score (nSPS) is 44.4. The fraction of sp³-hybridized carbons (Fsp3) is 0.857. The van der Waals surface area contributed by atoms with E-state index in [0.29, 0.717) is 35.4 Å². The molecule has 3 saturated carbocycles. The van der Waals surface area contributed by atoms with Crippen LogP contribution in [0.25, 0.3) is 0 Å². The molecule has 0 amide bonds. The van der Waals surface area contributed by atoms with Crippen molar-refractivity contribution in [3.05, 3.63) is 11.6 Å². The zero-order valence-corrected chi connectivity index (χ0v) is 20.3. The Labute approximate surface area is 184 Å². The lowest BCUT2D eigenvalue weighted by atomic mass is 9.44. The summed E-state index contributed by atoms with van der Waals surface area (Å²) in [6, 6.07) is 0. The van der Waals surface area contributed by atoms with Crippen molar-refractivity contribution in [3.8, 4) is 0 Å². The van der Waals surface area contributed by atoms with Gasteiger partial charge in [0, 0.05) is 17.9 Å². The molecule has 0 bridgehead atoms. The molecule has 168 valence electrons. The van der Waals surface area contributed by atoms with Crippen LogP contribution in [0.15, 0.2) is 11.6 Å². The highest BCUT2D eigenvalue weighted by Crippen LogP contribution is 2.68. The molecule has 0 spiro atoms. The van der Waals surface area contributed by atoms with E-state index in [1.54, 1.807) is 6.08 Å². The average Bonchev–Trinajstić information content (AvgIpc) is 3.04. The van der Waals surface area contributed by atoms with E-state index >= 15 is 0 Å². The molecular formula is C28H44O2. The number of fused-ring (bicyclic) bond motifs is 5. The van der Waals surface area contributed by atoms with Crippen molar-refractivity contribution in [2.45, 2.75) is 99.3 Å². The molecule has 0 unspecified atom stereocenters. The standard InChI is InChI=1S/C28H44O2/c1-17(2)8-7-9-18(3)21-10-11-22-25-19(4)26(30)24-16-20(29)12-14-28(24,6)23(25)13-15-27(21,22)5/h16-19,21-23,25H,7-15H2,1-6H3/t18-,19+,21-,22+,23+,25+,27-,28-/m1/s1. The lowest BCUT2D eigenvalue weighted by Crippen LogP contribution is -2.56. The van der Waals surface area contributed by atoms with E-state index in [-0.39, 0.29) is 17.1 Å². The minimum atomic E-state index is -0.0650. The molecule has 0 aromatic heterocycles. The van der Waals surface area contributed by atoms with E-state index in [2.05, 4.69) is 41.5 Å². The second-order valence-corrected chi connectivity index (χ2v) is 12.4. The number of hydrogen-bond acceptors (Lipinski definition) is 2. The van der Waals surface area contributed by atoms with Crippen LogP contribution in [0.3, 0.4) is 0 Å². The van der Waals surface area contributed by atoms with Crippen molar-refractivity contribution >= 4 is 11.6 Å². The molecule has 0 radical (unpaired) electrons. The van der Waals surface area contributed by atoms with Crippen LogP contribution >= 0.6 is 0 Å². The van der Waals surface area contributed by atoms with Gasteiger partial charge in [-0.05, 0) is 84.5 Å². The lowest BCUT2D eigenvalue weighted by molar-refractivity contribution is -0.140. The van der Waals surface area contributed by atoms with Gasteiger partial charge in [0.1, 0.15) is 0 Å². The average molecular weight is 413 g/mol. The summed E-state index contributed by atoms with van der Waals surface area (Å²) in [5.41, 5.74) is 1.21. The zero-order valence-electron chi connectivity index (χ0n) is 20.3. The molecule has 0 saturated heterocycles. The van der Waals surface area contributed by atoms with E-state index in [9.17, 15) is 9.59 Å². The van der Waals surface area contributed by atoms with Crippen molar-refractivity contribution in [1.29, 1.82) is 0 Å². The highest BCUT2D eigenvalue weighted by molar-refractivity contribution is 6.06. The van der Waals surface area contributed by atoms with E-state index in [0.717, 1.165) is 29.7 Å². The molecule has 0 aromatic carbocycles. The summed E-state index contributed by atoms with van der Waals surface area (Å²) in [5, 5.41) is 0. The number of carbonyl (C=O) groups excluding carboxylic acids is 2. The molecule has 4 aliphatic rings. The largest absolute Gasteiger partial charge is 0.295 e. The first kappa shape index (κ1) is 22.3. The minimum absolute atomic E-state index is 0.0650. The monoisotopic (exact) mass is 412 g/mol. The highest BCUT2D eigenvalue weighted by atomic mass is 16.1. The lowest BCUT2D eigenvalue weighted by Gasteiger charge is -2.59. The predicted molar refractivity (Wildman–Crippen MR) is 123 cm³/mol. The van der Waals surface area contributed by atoms with Crippen LogP contribution in [0.1, 0.15) is 99.3 Å². The molecule has 4 rings (SSSR count). The van der Waals surface area contributed by atoms with Crippen LogP contribution in [0.5, 0.6) is 0 Å². The maximum absolute atomic E-state index is 13.5. The van der Waals surface area contributed by atoms with Gasteiger partial charge < -0.3 is 0 Å². The Bertz CT molecular complexity index is 733. The maximum atomic E-state index is 13.5. The van der Waals surface area contributed by atoms with Crippen LogP contribution < -0.4 is 0 Å². The van der Waals surface area contributed by atoms with Gasteiger partial charge in [0.15, 0.2) is 11.6 Å². The molecule has 8 atom stereocenters. The first-order valence-electron chi connectivity index (χ1n) is 12.9. The summed E-state index contributed by atoms with van der Waals surface area (Å²) in [6.45, 7) is 14.3. The molecule has 4 aliphatic carbocycles. The molecule has 0 aromatic rings. The second-order valence-electron chi connectivity index (χ2n) is 12.4. The van der Waals surface area contributed by atoms with Crippen molar-refractivity contribution in [3.63, 3.8) is 0 Å². The van der Waals surface area contributed by atoms with Gasteiger partial charge >= 0.3 is 0 Å². The maximum Gasteiger partial charge on any atom is 0.162 e. The molecule has 30 heavy (non-hydrogen) atoms. The van der Waals surface area contributed by atoms with Crippen LogP contribution in [0.2, 0.25) is 0 Å². The van der Waals surface area contributed by atoms with Crippen LogP contribution in [-0.2, 0) is 9.59 Å². The Morgan fingerprint density at radius 2 is 1.73 bits per heavy atom. The van der Waals surface area contributed by atoms with E-state index in [1.807, 2.05) is 0 Å². The summed E-state index contributed by atoms with van der Waals surface area (Å²) in [4.78, 5) is 25.6. The third-order valence-electron chi connectivity index (χ3n) is 10.4. The number of ketones is 2. The van der Waals surface area contributed by atoms with Crippen molar-refractivity contribution in [1.82, 2.24) is 0 Å². The van der Waals surface area contributed by atoms with Crippen molar-refractivity contribution in [2.24, 2.45) is 52.3 Å². The molecule has 0 aliphatic heterocycles. The van der Waals surface area contributed by atoms with Gasteiger partial charge in [-0.3, -0.25) is 9.59 Å². The third kappa shape index (κ3) is 3.36. The van der Waals surface area contributed by atoms with Crippen LogP contribution in [0, 0.1) is 52.3 Å². The van der Waals surface area contributed by atoms with Gasteiger partial charge in [-0.2, -0.15) is 0 Å². The summed E-state index contributed by atoms with van der Waals surface area (Å²) in [5.74, 6) is 4.74. The van der Waals surface area contributed by atoms with Gasteiger partial charge in [0.05, 0.1) is 0 Å². The number of Topliss-reactive ketones (excluding diaryl/α,β-unsaturated/α-hetero) is 1. The van der Waals surface area contributed by atoms with E-state index in [1.165, 1.54) is 44.9 Å². The van der Waals surface area contributed by atoms with Gasteiger partial charge in [-0.25, -0.2) is 0 Å². The Kier molecular flexibility index (Phi) is 5.86. The Balaban J connectivity index is 1.58. The quantitative estimate of drug-likeness (QED) is 0.486. The number of carbonyl (C=O) groups is 2. The van der Waals surface area contributed by atoms with E-state index < -0.39 is 0 Å². The summed E-state index contributed by atoms with van der Waals surface area (Å²) in [7, 11) is 0. The van der Waals surface area contributed by atoms with Crippen molar-refractivity contribution < 1.29 is 9.59 Å². The molecule has 2 heteroatoms. The summed E-state index contributed by atoms with van der Waals surface area (Å²) >= 11 is 0. The van der Waals surface area contributed by atoms with E-state index in [4.69, 9.17) is 0 Å². The molecule has 3 fully saturated rings. The van der Waals surface area contributed by atoms with Crippen LogP contribution in [-0.4, -0.2) is 11.6 Å². The van der Waals surface area contributed by atoms with Crippen LogP contribution in [0.4, 0.5) is 0 Å². The van der Waals surface area contributed by atoms with Gasteiger partial charge in [-0.1, -0.05) is 60.8 Å². The number of allylic oxidation sites excluding steroid dienone is 1. The summed E-state index contributed by atoms with van der Waals surface area (Å²) in [6.07, 6.45) is 12.5. The first-order chi connectivity index (χ1) is 14.1. The zero-order chi connectivity index (χ0) is 21.8. The molecular weight excluding hydrogens is 368 g/mol. The van der Waals surface area contributed by atoms with Gasteiger partial charge in [0.2, 0.25) is 0 Å². The predicted octanol–water partition coefficient (Wildman–Crippen LogP) is 7.02. The Morgan fingerprint density at radius 1 is 1.00 bits per heavy atom. The third-order valence-corrected chi connectivity index (χ3v) is 10.4. The fourth-order valence-electron chi connectivity index (χ4n) is 8.73. The second kappa shape index (κ2) is 7.89. The molecule has 0 heterocycles. The summed E-state index contributed by atoms with van der Waals surface area (Å²) < 4.78 is 0. The van der Waals surface area contributed by atoms with Gasteiger partial charge in [0.25, 0.3) is 0 Å². The fourth-order valence-corrected chi connectivity index (χ4v) is 8.73. The first-order valence-corrected chi connectivity index (χ1v) is 12.9. The Morgan fingerprint density at radius 3 is 2.43 bits per heavy atom. The van der Waals surface area contributed by atoms with Gasteiger partial charge in [-0.15, -0.1) is 0 Å².